The van der Waals surface area contributed by atoms with Gasteiger partial charge in [-0.25, -0.2) is 0 Å². The lowest BCUT2D eigenvalue weighted by Crippen LogP contribution is -1.90. The van der Waals surface area contributed by atoms with E-state index >= 15 is 0 Å². The molecule has 0 saturated carbocycles. The van der Waals surface area contributed by atoms with Crippen LogP contribution in [0.25, 0.3) is 22.4 Å². The number of aromatic amines is 1. The Morgan fingerprint density at radius 2 is 1.91 bits per heavy atom. The third-order valence-corrected chi connectivity index (χ3v) is 3.42. The van der Waals surface area contributed by atoms with Gasteiger partial charge in [-0.3, -0.25) is 5.10 Å². The molecule has 104 valence electrons. The Morgan fingerprint density at radius 1 is 1.14 bits per heavy atom. The number of rotatable bonds is 2. The molecule has 0 saturated heterocycles. The minimum atomic E-state index is 0.0940. The first-order chi connectivity index (χ1) is 10.7. The summed E-state index contributed by atoms with van der Waals surface area (Å²) in [5.74, 6) is 0.0940. The molecule has 0 unspecified atom stereocenters. The zero-order chi connectivity index (χ0) is 15.5. The smallest absolute Gasteiger partial charge is 0.163 e. The quantitative estimate of drug-likeness (QED) is 0.706. The van der Waals surface area contributed by atoms with Crippen molar-refractivity contribution >= 4 is 28.2 Å². The van der Waals surface area contributed by atoms with Crippen molar-refractivity contribution in [2.24, 2.45) is 0 Å². The first kappa shape index (κ1) is 13.4. The number of nitrogens with two attached hydrogens (primary N) is 1. The second-order valence-corrected chi connectivity index (χ2v) is 4.71. The SMILES string of the molecule is N#C/C(=C\c1cccc2ccccc12)c1[nH]nc(N)c1C#N. The summed E-state index contributed by atoms with van der Waals surface area (Å²) in [6, 6.07) is 17.8. The van der Waals surface area contributed by atoms with E-state index in [4.69, 9.17) is 11.0 Å². The lowest BCUT2D eigenvalue weighted by atomic mass is 10.0. The van der Waals surface area contributed by atoms with Gasteiger partial charge >= 0.3 is 0 Å². The molecule has 5 heteroatoms. The lowest BCUT2D eigenvalue weighted by molar-refractivity contribution is 1.08. The number of allylic oxidation sites excluding steroid dienone is 1. The number of H-pyrrole nitrogens is 1. The molecule has 3 aromatic rings. The van der Waals surface area contributed by atoms with Crippen molar-refractivity contribution in [2.75, 3.05) is 5.73 Å². The predicted octanol–water partition coefficient (Wildman–Crippen LogP) is 3.08. The molecule has 0 aliphatic rings. The van der Waals surface area contributed by atoms with Crippen molar-refractivity contribution in [3.63, 3.8) is 0 Å². The van der Waals surface area contributed by atoms with Crippen LogP contribution in [0.2, 0.25) is 0 Å². The van der Waals surface area contributed by atoms with E-state index in [2.05, 4.69) is 16.3 Å². The zero-order valence-electron chi connectivity index (χ0n) is 11.5. The molecule has 0 fully saturated rings. The first-order valence-electron chi connectivity index (χ1n) is 6.58. The molecule has 0 radical (unpaired) electrons. The molecule has 0 aliphatic heterocycles. The van der Waals surface area contributed by atoms with Crippen LogP contribution in [-0.2, 0) is 0 Å². The second kappa shape index (κ2) is 5.43. The normalized spacial score (nSPS) is 11.1. The van der Waals surface area contributed by atoms with Gasteiger partial charge in [0.2, 0.25) is 0 Å². The topological polar surface area (TPSA) is 102 Å². The average molecular weight is 285 g/mol. The zero-order valence-corrected chi connectivity index (χ0v) is 11.5. The largest absolute Gasteiger partial charge is 0.381 e. The van der Waals surface area contributed by atoms with Gasteiger partial charge in [-0.05, 0) is 22.4 Å². The summed E-state index contributed by atoms with van der Waals surface area (Å²) in [5, 5.41) is 27.1. The standard InChI is InChI=1S/C17H11N5/c18-9-13(16-15(10-19)17(20)22-21-16)8-12-6-3-5-11-4-1-2-7-14(11)12/h1-8H,(H3,20,21,22)/b13-8+. The van der Waals surface area contributed by atoms with Gasteiger partial charge in [-0.2, -0.15) is 15.6 Å². The molecular weight excluding hydrogens is 274 g/mol. The summed E-state index contributed by atoms with van der Waals surface area (Å²) < 4.78 is 0. The lowest BCUT2D eigenvalue weighted by Gasteiger charge is -2.03. The summed E-state index contributed by atoms with van der Waals surface area (Å²) in [6.45, 7) is 0. The van der Waals surface area contributed by atoms with Crippen LogP contribution in [-0.4, -0.2) is 10.2 Å². The number of benzene rings is 2. The van der Waals surface area contributed by atoms with Crippen LogP contribution in [0.15, 0.2) is 42.5 Å². The van der Waals surface area contributed by atoms with E-state index in [0.29, 0.717) is 11.3 Å². The van der Waals surface area contributed by atoms with Gasteiger partial charge < -0.3 is 5.73 Å². The van der Waals surface area contributed by atoms with Crippen LogP contribution in [0.3, 0.4) is 0 Å². The van der Waals surface area contributed by atoms with E-state index in [1.54, 1.807) is 6.08 Å². The number of aromatic nitrogens is 2. The average Bonchev–Trinajstić information content (AvgIpc) is 2.93. The number of nitrogen functional groups attached to an aromatic ring is 1. The second-order valence-electron chi connectivity index (χ2n) is 4.71. The van der Waals surface area contributed by atoms with Crippen molar-refractivity contribution in [1.29, 1.82) is 10.5 Å². The highest BCUT2D eigenvalue weighted by Crippen LogP contribution is 2.26. The minimum Gasteiger partial charge on any atom is -0.381 e. The van der Waals surface area contributed by atoms with Crippen LogP contribution in [0.1, 0.15) is 16.8 Å². The van der Waals surface area contributed by atoms with Crippen LogP contribution in [0.5, 0.6) is 0 Å². The number of hydrogen-bond donors (Lipinski definition) is 2. The molecule has 1 aromatic heterocycles. The van der Waals surface area contributed by atoms with E-state index in [9.17, 15) is 5.26 Å². The third kappa shape index (κ3) is 2.17. The number of nitrogens with one attached hydrogen (secondary N) is 1. The molecule has 1 heterocycles. The molecule has 0 amide bonds. The Bertz CT molecular complexity index is 961. The van der Waals surface area contributed by atoms with Gasteiger partial charge in [0.05, 0.1) is 11.3 Å². The van der Waals surface area contributed by atoms with E-state index in [0.717, 1.165) is 16.3 Å². The molecule has 0 atom stereocenters. The van der Waals surface area contributed by atoms with Gasteiger partial charge in [-0.1, -0.05) is 42.5 Å². The minimum absolute atomic E-state index is 0.0940. The highest BCUT2D eigenvalue weighted by molar-refractivity contribution is 5.98. The molecule has 3 N–H and O–H groups in total. The Labute approximate surface area is 126 Å². The third-order valence-electron chi connectivity index (χ3n) is 3.42. The Balaban J connectivity index is 2.20. The van der Waals surface area contributed by atoms with Crippen molar-refractivity contribution in [1.82, 2.24) is 10.2 Å². The molecule has 0 aliphatic carbocycles. The van der Waals surface area contributed by atoms with Crippen LogP contribution in [0.4, 0.5) is 5.82 Å². The summed E-state index contributed by atoms with van der Waals surface area (Å²) in [5.41, 5.74) is 7.37. The highest BCUT2D eigenvalue weighted by atomic mass is 15.2. The van der Waals surface area contributed by atoms with E-state index in [1.807, 2.05) is 48.5 Å². The molecule has 5 nitrogen and oxygen atoms in total. The van der Waals surface area contributed by atoms with E-state index in [1.165, 1.54) is 0 Å². The molecule has 22 heavy (non-hydrogen) atoms. The van der Waals surface area contributed by atoms with Gasteiger partial charge in [0, 0.05) is 0 Å². The molecule has 2 aromatic carbocycles. The van der Waals surface area contributed by atoms with Gasteiger partial charge in [0.25, 0.3) is 0 Å². The van der Waals surface area contributed by atoms with Gasteiger partial charge in [-0.15, -0.1) is 0 Å². The molecular formula is C17H11N5. The van der Waals surface area contributed by atoms with E-state index < -0.39 is 0 Å². The summed E-state index contributed by atoms with van der Waals surface area (Å²) in [6.07, 6.45) is 1.73. The predicted molar refractivity (Wildman–Crippen MR) is 85.1 cm³/mol. The van der Waals surface area contributed by atoms with Crippen LogP contribution >= 0.6 is 0 Å². The first-order valence-corrected chi connectivity index (χ1v) is 6.58. The monoisotopic (exact) mass is 285 g/mol. The molecule has 3 rings (SSSR count). The number of fused-ring (bicyclic) bond motifs is 1. The summed E-state index contributed by atoms with van der Waals surface area (Å²) >= 11 is 0. The van der Waals surface area contributed by atoms with Gasteiger partial charge in [0.15, 0.2) is 5.82 Å². The maximum atomic E-state index is 9.43. The number of hydrogen-bond acceptors (Lipinski definition) is 4. The maximum absolute atomic E-state index is 9.43. The van der Waals surface area contributed by atoms with Crippen molar-refractivity contribution in [2.45, 2.75) is 0 Å². The number of anilines is 1. The summed E-state index contributed by atoms with van der Waals surface area (Å²) in [4.78, 5) is 0. The number of nitriles is 2. The fraction of sp³-hybridized carbons (Fsp3) is 0. The Hall–Kier alpha value is -3.57. The fourth-order valence-corrected chi connectivity index (χ4v) is 2.36. The van der Waals surface area contributed by atoms with Crippen molar-refractivity contribution in [3.05, 3.63) is 59.3 Å². The molecule has 0 spiro atoms. The Morgan fingerprint density at radius 3 is 2.68 bits per heavy atom. The van der Waals surface area contributed by atoms with Crippen molar-refractivity contribution in [3.8, 4) is 12.1 Å². The summed E-state index contributed by atoms with van der Waals surface area (Å²) in [7, 11) is 0. The fourth-order valence-electron chi connectivity index (χ4n) is 2.36. The van der Waals surface area contributed by atoms with Crippen LogP contribution < -0.4 is 5.73 Å². The number of nitrogens with zero attached hydrogens (tertiary/aromatic N) is 3. The van der Waals surface area contributed by atoms with E-state index in [-0.39, 0.29) is 11.4 Å². The molecule has 0 bridgehead atoms. The van der Waals surface area contributed by atoms with Gasteiger partial charge in [0.1, 0.15) is 17.7 Å². The van der Waals surface area contributed by atoms with Crippen molar-refractivity contribution < 1.29 is 0 Å². The highest BCUT2D eigenvalue weighted by Gasteiger charge is 2.14. The maximum Gasteiger partial charge on any atom is 0.163 e. The Kier molecular flexibility index (Phi) is 3.31. The van der Waals surface area contributed by atoms with Crippen LogP contribution in [0, 0.1) is 22.7 Å².